The number of nitrogens with one attached hydrogen (secondary N) is 2. The number of rotatable bonds is 4. The molecule has 136 valence electrons. The number of pyridine rings is 1. The summed E-state index contributed by atoms with van der Waals surface area (Å²) in [5.74, 6) is -0.455. The van der Waals surface area contributed by atoms with E-state index in [-0.39, 0.29) is 16.9 Å². The largest absolute Gasteiger partial charge is 0.379 e. The number of nitrogens with zero attached hydrogens (tertiary/aromatic N) is 1. The molecule has 1 fully saturated rings. The minimum absolute atomic E-state index is 0.00628. The Morgan fingerprint density at radius 2 is 2.00 bits per heavy atom. The summed E-state index contributed by atoms with van der Waals surface area (Å²) in [6.45, 7) is 7.52. The lowest BCUT2D eigenvalue weighted by Gasteiger charge is -2.40. The van der Waals surface area contributed by atoms with Crippen LogP contribution in [-0.2, 0) is 11.2 Å². The van der Waals surface area contributed by atoms with Crippen LogP contribution in [0.3, 0.4) is 0 Å². The quantitative estimate of drug-likeness (QED) is 0.838. The van der Waals surface area contributed by atoms with E-state index in [2.05, 4.69) is 29.0 Å². The average molecular weight is 347 g/mol. The minimum atomic E-state index is -0.441. The minimum Gasteiger partial charge on any atom is -0.379 e. The standard InChI is InChI=1S/C18H25N3O4/c1-18(2,21-6-8-25-9-7-21)11-19-16(23)13-10-12-14(20-17(13)24)4-3-5-15(12)22/h10H,3-9,11H2,1-2H3,(H,19,23)(H,20,24). The Balaban J connectivity index is 1.72. The lowest BCUT2D eigenvalue weighted by atomic mass is 9.93. The van der Waals surface area contributed by atoms with E-state index in [0.717, 1.165) is 19.5 Å². The van der Waals surface area contributed by atoms with Crippen LogP contribution in [-0.4, -0.2) is 60.0 Å². The zero-order valence-corrected chi connectivity index (χ0v) is 14.8. The molecule has 0 radical (unpaired) electrons. The molecule has 1 amide bonds. The molecule has 2 aliphatic rings. The number of Topliss-reactive ketones (excluding diaryl/α,β-unsaturated/α-hetero) is 1. The van der Waals surface area contributed by atoms with Gasteiger partial charge in [0.05, 0.1) is 13.2 Å². The summed E-state index contributed by atoms with van der Waals surface area (Å²) in [4.78, 5) is 41.7. The van der Waals surface area contributed by atoms with E-state index in [9.17, 15) is 14.4 Å². The van der Waals surface area contributed by atoms with Crippen molar-refractivity contribution in [2.75, 3.05) is 32.8 Å². The summed E-state index contributed by atoms with van der Waals surface area (Å²) in [5, 5.41) is 2.85. The molecule has 1 aliphatic carbocycles. The Bertz CT molecular complexity index is 732. The van der Waals surface area contributed by atoms with Crippen LogP contribution in [0.5, 0.6) is 0 Å². The number of H-pyrrole nitrogens is 1. The maximum atomic E-state index is 12.5. The molecule has 2 N–H and O–H groups in total. The summed E-state index contributed by atoms with van der Waals surface area (Å²) in [5.41, 5.74) is 0.452. The van der Waals surface area contributed by atoms with E-state index in [1.54, 1.807) is 0 Å². The van der Waals surface area contributed by atoms with E-state index < -0.39 is 11.5 Å². The number of aromatic nitrogens is 1. The second-order valence-electron chi connectivity index (χ2n) is 7.28. The number of carbonyl (C=O) groups excluding carboxylic acids is 2. The van der Waals surface area contributed by atoms with E-state index in [4.69, 9.17) is 4.74 Å². The van der Waals surface area contributed by atoms with Gasteiger partial charge in [0.1, 0.15) is 5.56 Å². The number of hydrogen-bond donors (Lipinski definition) is 2. The first-order valence-electron chi connectivity index (χ1n) is 8.79. The van der Waals surface area contributed by atoms with Crippen molar-refractivity contribution in [2.45, 2.75) is 38.6 Å². The predicted molar refractivity (Wildman–Crippen MR) is 93.1 cm³/mol. The normalized spacial score (nSPS) is 18.7. The van der Waals surface area contributed by atoms with Gasteiger partial charge in [0, 0.05) is 42.9 Å². The molecule has 2 heterocycles. The number of ether oxygens (including phenoxy) is 1. The number of aromatic amines is 1. The van der Waals surface area contributed by atoms with Crippen LogP contribution in [0.4, 0.5) is 0 Å². The molecule has 1 aromatic rings. The van der Waals surface area contributed by atoms with Gasteiger partial charge in [0.2, 0.25) is 0 Å². The molecule has 1 aliphatic heterocycles. The van der Waals surface area contributed by atoms with Gasteiger partial charge in [-0.3, -0.25) is 19.3 Å². The number of ketones is 1. The molecule has 25 heavy (non-hydrogen) atoms. The van der Waals surface area contributed by atoms with Crippen LogP contribution in [0, 0.1) is 0 Å². The third-order valence-electron chi connectivity index (χ3n) is 5.05. The molecule has 1 saturated heterocycles. The van der Waals surface area contributed by atoms with E-state index in [1.807, 2.05) is 0 Å². The second kappa shape index (κ2) is 7.09. The van der Waals surface area contributed by atoms with E-state index >= 15 is 0 Å². The van der Waals surface area contributed by atoms with Crippen molar-refractivity contribution in [3.63, 3.8) is 0 Å². The number of carbonyl (C=O) groups is 2. The highest BCUT2D eigenvalue weighted by molar-refractivity contribution is 6.01. The van der Waals surface area contributed by atoms with Crippen LogP contribution in [0.1, 0.15) is 53.1 Å². The summed E-state index contributed by atoms with van der Waals surface area (Å²) >= 11 is 0. The SMILES string of the molecule is CC(C)(CNC(=O)c1cc2c([nH]c1=O)CCCC2=O)N1CCOCC1. The maximum absolute atomic E-state index is 12.5. The lowest BCUT2D eigenvalue weighted by molar-refractivity contribution is -0.00923. The molecule has 7 heteroatoms. The monoisotopic (exact) mass is 347 g/mol. The van der Waals surface area contributed by atoms with Crippen molar-refractivity contribution in [3.05, 3.63) is 33.2 Å². The molecular weight excluding hydrogens is 322 g/mol. The number of amides is 1. The highest BCUT2D eigenvalue weighted by atomic mass is 16.5. The fraction of sp³-hybridized carbons (Fsp3) is 0.611. The van der Waals surface area contributed by atoms with Crippen molar-refractivity contribution in [2.24, 2.45) is 0 Å². The average Bonchev–Trinajstić information content (AvgIpc) is 2.60. The maximum Gasteiger partial charge on any atom is 0.261 e. The van der Waals surface area contributed by atoms with Crippen LogP contribution in [0.15, 0.2) is 10.9 Å². The van der Waals surface area contributed by atoms with Crippen LogP contribution < -0.4 is 10.9 Å². The van der Waals surface area contributed by atoms with Gasteiger partial charge in [-0.25, -0.2) is 0 Å². The molecule has 3 rings (SSSR count). The van der Waals surface area contributed by atoms with Gasteiger partial charge < -0.3 is 15.0 Å². The van der Waals surface area contributed by atoms with Crippen molar-refractivity contribution < 1.29 is 14.3 Å². The number of morpholine rings is 1. The fourth-order valence-corrected chi connectivity index (χ4v) is 3.42. The Hall–Kier alpha value is -1.99. The number of hydrogen-bond acceptors (Lipinski definition) is 5. The zero-order valence-electron chi connectivity index (χ0n) is 14.8. The van der Waals surface area contributed by atoms with Gasteiger partial charge >= 0.3 is 0 Å². The smallest absolute Gasteiger partial charge is 0.261 e. The number of fused-ring (bicyclic) bond motifs is 1. The van der Waals surface area contributed by atoms with Crippen molar-refractivity contribution in [1.29, 1.82) is 0 Å². The molecule has 0 aromatic carbocycles. The molecule has 0 spiro atoms. The second-order valence-corrected chi connectivity index (χ2v) is 7.28. The first-order valence-corrected chi connectivity index (χ1v) is 8.79. The van der Waals surface area contributed by atoms with E-state index in [0.29, 0.717) is 43.9 Å². The molecule has 7 nitrogen and oxygen atoms in total. The summed E-state index contributed by atoms with van der Waals surface area (Å²) in [6.07, 6.45) is 1.87. The first-order chi connectivity index (χ1) is 11.9. The Kier molecular flexibility index (Phi) is 5.06. The Morgan fingerprint density at radius 1 is 1.28 bits per heavy atom. The molecule has 0 unspecified atom stereocenters. The highest BCUT2D eigenvalue weighted by Gasteiger charge is 2.29. The first kappa shape index (κ1) is 17.8. The van der Waals surface area contributed by atoms with Gasteiger partial charge in [-0.1, -0.05) is 0 Å². The third kappa shape index (κ3) is 3.82. The van der Waals surface area contributed by atoms with Gasteiger partial charge in [-0.05, 0) is 32.8 Å². The van der Waals surface area contributed by atoms with Gasteiger partial charge in [0.15, 0.2) is 5.78 Å². The Morgan fingerprint density at radius 3 is 2.72 bits per heavy atom. The summed E-state index contributed by atoms with van der Waals surface area (Å²) in [7, 11) is 0. The van der Waals surface area contributed by atoms with Crippen LogP contribution in [0.2, 0.25) is 0 Å². The van der Waals surface area contributed by atoms with Crippen molar-refractivity contribution >= 4 is 11.7 Å². The zero-order chi connectivity index (χ0) is 18.0. The number of aryl methyl sites for hydroxylation is 1. The van der Waals surface area contributed by atoms with Crippen LogP contribution >= 0.6 is 0 Å². The van der Waals surface area contributed by atoms with Gasteiger partial charge in [0.25, 0.3) is 11.5 Å². The molecular formula is C18H25N3O4. The topological polar surface area (TPSA) is 91.5 Å². The summed E-state index contributed by atoms with van der Waals surface area (Å²) < 4.78 is 5.36. The lowest BCUT2D eigenvalue weighted by Crippen LogP contribution is -2.55. The molecule has 0 atom stereocenters. The predicted octanol–water partition coefficient (Wildman–Crippen LogP) is 0.735. The van der Waals surface area contributed by atoms with Crippen molar-refractivity contribution in [1.82, 2.24) is 15.2 Å². The van der Waals surface area contributed by atoms with Crippen molar-refractivity contribution in [3.8, 4) is 0 Å². The van der Waals surface area contributed by atoms with Crippen LogP contribution in [0.25, 0.3) is 0 Å². The molecule has 0 saturated carbocycles. The van der Waals surface area contributed by atoms with Gasteiger partial charge in [-0.15, -0.1) is 0 Å². The fourth-order valence-electron chi connectivity index (χ4n) is 3.42. The van der Waals surface area contributed by atoms with E-state index in [1.165, 1.54) is 6.07 Å². The summed E-state index contributed by atoms with van der Waals surface area (Å²) in [6, 6.07) is 1.45. The third-order valence-corrected chi connectivity index (χ3v) is 5.05. The van der Waals surface area contributed by atoms with Gasteiger partial charge in [-0.2, -0.15) is 0 Å². The Labute approximate surface area is 146 Å². The molecule has 1 aromatic heterocycles. The highest BCUT2D eigenvalue weighted by Crippen LogP contribution is 2.19. The molecule has 0 bridgehead atoms.